The molecular formula is C16H24ClF2N5O. The van der Waals surface area contributed by atoms with Crippen LogP contribution >= 0.6 is 12.4 Å². The van der Waals surface area contributed by atoms with Crippen LogP contribution in [0.1, 0.15) is 63.5 Å². The second kappa shape index (κ2) is 8.71. The standard InChI is InChI=1S/C16H23F2N5O.ClH/c1-10(2)9-23-13(14(17)18)11(8-20-23)16-21-15(22-24-16)12-6-4-3-5-7-19-12;/h8,10,12,14,19H,3-7,9H2,1-2H3;1H. The van der Waals surface area contributed by atoms with E-state index in [1.807, 2.05) is 13.8 Å². The first kappa shape index (κ1) is 19.8. The summed E-state index contributed by atoms with van der Waals surface area (Å²) in [6.07, 6.45) is 3.06. The molecule has 3 rings (SSSR count). The molecule has 1 fully saturated rings. The fourth-order valence-corrected chi connectivity index (χ4v) is 3.02. The van der Waals surface area contributed by atoms with Crippen LogP contribution in [0, 0.1) is 5.92 Å². The Labute approximate surface area is 151 Å². The maximum absolute atomic E-state index is 13.5. The summed E-state index contributed by atoms with van der Waals surface area (Å²) in [5.41, 5.74) is 0.0609. The van der Waals surface area contributed by atoms with Crippen molar-refractivity contribution in [2.75, 3.05) is 6.54 Å². The summed E-state index contributed by atoms with van der Waals surface area (Å²) in [4.78, 5) is 4.35. The Hall–Kier alpha value is -1.54. The van der Waals surface area contributed by atoms with Crippen LogP contribution in [-0.4, -0.2) is 26.5 Å². The highest BCUT2D eigenvalue weighted by molar-refractivity contribution is 5.85. The number of nitrogens with zero attached hydrogens (tertiary/aromatic N) is 4. The minimum atomic E-state index is -2.65. The van der Waals surface area contributed by atoms with E-state index in [0.29, 0.717) is 12.4 Å². The number of aromatic nitrogens is 4. The summed E-state index contributed by atoms with van der Waals surface area (Å²) >= 11 is 0. The third kappa shape index (κ3) is 4.55. The molecule has 1 atom stereocenters. The Morgan fingerprint density at radius 2 is 2.12 bits per heavy atom. The molecule has 0 aromatic carbocycles. The van der Waals surface area contributed by atoms with E-state index in [-0.39, 0.29) is 41.5 Å². The van der Waals surface area contributed by atoms with E-state index < -0.39 is 6.43 Å². The first-order chi connectivity index (χ1) is 11.6. The fourth-order valence-electron chi connectivity index (χ4n) is 3.02. The van der Waals surface area contributed by atoms with Gasteiger partial charge in [0.1, 0.15) is 5.69 Å². The van der Waals surface area contributed by atoms with Crippen molar-refractivity contribution < 1.29 is 13.3 Å². The molecule has 9 heteroatoms. The molecule has 2 aromatic rings. The van der Waals surface area contributed by atoms with Gasteiger partial charge in [-0.05, 0) is 25.3 Å². The van der Waals surface area contributed by atoms with E-state index >= 15 is 0 Å². The Kier molecular flexibility index (Phi) is 6.89. The zero-order valence-electron chi connectivity index (χ0n) is 14.4. The van der Waals surface area contributed by atoms with Crippen LogP contribution in [0.25, 0.3) is 11.5 Å². The molecule has 2 aromatic heterocycles. The predicted molar refractivity (Wildman–Crippen MR) is 91.8 cm³/mol. The summed E-state index contributed by atoms with van der Waals surface area (Å²) in [6.45, 7) is 5.24. The monoisotopic (exact) mass is 375 g/mol. The van der Waals surface area contributed by atoms with Gasteiger partial charge in [0, 0.05) is 6.54 Å². The molecule has 1 N–H and O–H groups in total. The fraction of sp³-hybridized carbons (Fsp3) is 0.688. The number of rotatable bonds is 5. The Morgan fingerprint density at radius 3 is 2.84 bits per heavy atom. The van der Waals surface area contributed by atoms with Crippen LogP contribution in [0.15, 0.2) is 10.7 Å². The van der Waals surface area contributed by atoms with E-state index in [0.717, 1.165) is 25.8 Å². The molecule has 0 spiro atoms. The van der Waals surface area contributed by atoms with Gasteiger partial charge < -0.3 is 9.84 Å². The van der Waals surface area contributed by atoms with Crippen LogP contribution < -0.4 is 5.32 Å². The summed E-state index contributed by atoms with van der Waals surface area (Å²) < 4.78 is 33.6. The smallest absolute Gasteiger partial charge is 0.280 e. The van der Waals surface area contributed by atoms with Gasteiger partial charge in [-0.1, -0.05) is 31.8 Å². The number of nitrogens with one attached hydrogen (secondary N) is 1. The third-order valence-corrected chi connectivity index (χ3v) is 4.17. The van der Waals surface area contributed by atoms with Gasteiger partial charge in [-0.25, -0.2) is 8.78 Å². The zero-order valence-corrected chi connectivity index (χ0v) is 15.2. The van der Waals surface area contributed by atoms with Crippen LogP contribution in [0.2, 0.25) is 0 Å². The first-order valence-corrected chi connectivity index (χ1v) is 8.47. The SMILES string of the molecule is CC(C)Cn1ncc(-c2nc(C3CCCCCN3)no2)c1C(F)F.Cl. The molecule has 1 aliphatic rings. The van der Waals surface area contributed by atoms with E-state index in [9.17, 15) is 8.78 Å². The van der Waals surface area contributed by atoms with Crippen molar-refractivity contribution in [1.82, 2.24) is 25.2 Å². The Bertz CT molecular complexity index is 665. The van der Waals surface area contributed by atoms with Crippen molar-refractivity contribution in [3.05, 3.63) is 17.7 Å². The van der Waals surface area contributed by atoms with Crippen molar-refractivity contribution in [3.8, 4) is 11.5 Å². The predicted octanol–water partition coefficient (Wildman–Crippen LogP) is 4.15. The van der Waals surface area contributed by atoms with E-state index in [1.54, 1.807) is 0 Å². The van der Waals surface area contributed by atoms with Crippen molar-refractivity contribution in [2.45, 2.75) is 58.5 Å². The minimum absolute atomic E-state index is 0. The molecular weight excluding hydrogens is 352 g/mol. The lowest BCUT2D eigenvalue weighted by atomic mass is 10.1. The van der Waals surface area contributed by atoms with Crippen LogP contribution in [-0.2, 0) is 6.54 Å². The number of alkyl halides is 2. The largest absolute Gasteiger partial charge is 0.334 e. The van der Waals surface area contributed by atoms with E-state index in [4.69, 9.17) is 4.52 Å². The molecule has 3 heterocycles. The second-order valence-electron chi connectivity index (χ2n) is 6.63. The van der Waals surface area contributed by atoms with Crippen LogP contribution in [0.5, 0.6) is 0 Å². The van der Waals surface area contributed by atoms with Crippen molar-refractivity contribution in [1.29, 1.82) is 0 Å². The number of hydrogen-bond donors (Lipinski definition) is 1. The first-order valence-electron chi connectivity index (χ1n) is 8.47. The molecule has 1 saturated heterocycles. The lowest BCUT2D eigenvalue weighted by Gasteiger charge is -2.10. The normalized spacial score (nSPS) is 18.4. The maximum atomic E-state index is 13.5. The van der Waals surface area contributed by atoms with E-state index in [2.05, 4.69) is 20.6 Å². The molecule has 25 heavy (non-hydrogen) atoms. The maximum Gasteiger partial charge on any atom is 0.280 e. The molecule has 0 amide bonds. The van der Waals surface area contributed by atoms with Gasteiger partial charge in [-0.3, -0.25) is 4.68 Å². The summed E-state index contributed by atoms with van der Waals surface area (Å²) in [5, 5.41) is 11.5. The molecule has 0 bridgehead atoms. The lowest BCUT2D eigenvalue weighted by Crippen LogP contribution is -2.21. The lowest BCUT2D eigenvalue weighted by molar-refractivity contribution is 0.138. The van der Waals surface area contributed by atoms with Crippen molar-refractivity contribution in [2.24, 2.45) is 5.92 Å². The third-order valence-electron chi connectivity index (χ3n) is 4.17. The number of halogens is 3. The van der Waals surface area contributed by atoms with Gasteiger partial charge >= 0.3 is 0 Å². The van der Waals surface area contributed by atoms with Gasteiger partial charge in [0.15, 0.2) is 5.82 Å². The summed E-state index contributed by atoms with van der Waals surface area (Å²) in [6, 6.07) is 0.0192. The van der Waals surface area contributed by atoms with Gasteiger partial charge in [0.05, 0.1) is 17.8 Å². The molecule has 0 aliphatic carbocycles. The Balaban J connectivity index is 0.00000225. The molecule has 0 saturated carbocycles. The minimum Gasteiger partial charge on any atom is -0.334 e. The van der Waals surface area contributed by atoms with Gasteiger partial charge in [0.25, 0.3) is 12.3 Å². The van der Waals surface area contributed by atoms with Gasteiger partial charge in [-0.2, -0.15) is 10.1 Å². The molecule has 1 aliphatic heterocycles. The van der Waals surface area contributed by atoms with Crippen LogP contribution in [0.4, 0.5) is 8.78 Å². The second-order valence-corrected chi connectivity index (χ2v) is 6.63. The topological polar surface area (TPSA) is 68.8 Å². The summed E-state index contributed by atoms with van der Waals surface area (Å²) in [5.74, 6) is 0.855. The highest BCUT2D eigenvalue weighted by atomic mass is 35.5. The summed E-state index contributed by atoms with van der Waals surface area (Å²) in [7, 11) is 0. The highest BCUT2D eigenvalue weighted by Crippen LogP contribution is 2.31. The van der Waals surface area contributed by atoms with Gasteiger partial charge in [0.2, 0.25) is 0 Å². The molecule has 0 radical (unpaired) electrons. The quantitative estimate of drug-likeness (QED) is 0.850. The molecule has 6 nitrogen and oxygen atoms in total. The van der Waals surface area contributed by atoms with Gasteiger partial charge in [-0.15, -0.1) is 12.4 Å². The van der Waals surface area contributed by atoms with Crippen LogP contribution in [0.3, 0.4) is 0 Å². The molecule has 1 unspecified atom stereocenters. The Morgan fingerprint density at radius 1 is 1.32 bits per heavy atom. The highest BCUT2D eigenvalue weighted by Gasteiger charge is 2.27. The van der Waals surface area contributed by atoms with E-state index in [1.165, 1.54) is 17.3 Å². The van der Waals surface area contributed by atoms with Crippen molar-refractivity contribution in [3.63, 3.8) is 0 Å². The number of hydrogen-bond acceptors (Lipinski definition) is 5. The average molecular weight is 376 g/mol. The van der Waals surface area contributed by atoms with Crippen molar-refractivity contribution >= 4 is 12.4 Å². The molecule has 140 valence electrons. The zero-order chi connectivity index (χ0) is 17.1. The average Bonchev–Trinajstić information content (AvgIpc) is 3.06.